The largest absolute Gasteiger partial charge is 0.396 e. The van der Waals surface area contributed by atoms with E-state index in [2.05, 4.69) is 10.3 Å². The van der Waals surface area contributed by atoms with Crippen LogP contribution in [0.2, 0.25) is 0 Å². The first-order valence-electron chi connectivity index (χ1n) is 9.96. The Bertz CT molecular complexity index is 843. The van der Waals surface area contributed by atoms with E-state index in [1.807, 2.05) is 54.8 Å². The third-order valence-electron chi connectivity index (χ3n) is 5.36. The van der Waals surface area contributed by atoms with Crippen molar-refractivity contribution in [2.75, 3.05) is 31.2 Å². The van der Waals surface area contributed by atoms with Crippen molar-refractivity contribution in [3.63, 3.8) is 0 Å². The Morgan fingerprint density at radius 2 is 2.03 bits per heavy atom. The minimum atomic E-state index is -0.372. The van der Waals surface area contributed by atoms with Gasteiger partial charge in [0.15, 0.2) is 0 Å². The molecule has 2 atom stereocenters. The number of hydrogen-bond acceptors (Lipinski definition) is 5. The number of aliphatic hydroxyl groups is 1. The first kappa shape index (κ1) is 21.7. The van der Waals surface area contributed by atoms with E-state index in [-0.39, 0.29) is 36.8 Å². The number of benzene rings is 1. The average molecular weight is 418 g/mol. The number of halogens is 1. The van der Waals surface area contributed by atoms with Crippen LogP contribution in [0.1, 0.15) is 29.9 Å². The molecule has 1 fully saturated rings. The predicted octanol–water partition coefficient (Wildman–Crippen LogP) is 3.18. The molecule has 1 aromatic carbocycles. The number of aliphatic hydroxyl groups excluding tert-OH is 1. The van der Waals surface area contributed by atoms with Gasteiger partial charge in [0.1, 0.15) is 5.82 Å². The van der Waals surface area contributed by atoms with Crippen molar-refractivity contribution in [1.29, 1.82) is 0 Å². The van der Waals surface area contributed by atoms with Crippen molar-refractivity contribution in [3.8, 4) is 11.3 Å². The van der Waals surface area contributed by atoms with E-state index in [0.717, 1.165) is 30.2 Å². The zero-order valence-electron chi connectivity index (χ0n) is 16.9. The van der Waals surface area contributed by atoms with E-state index in [1.54, 1.807) is 6.07 Å². The van der Waals surface area contributed by atoms with Gasteiger partial charge in [-0.15, -0.1) is 0 Å². The molecule has 1 aliphatic heterocycles. The monoisotopic (exact) mass is 417 g/mol. The van der Waals surface area contributed by atoms with Crippen molar-refractivity contribution in [3.05, 3.63) is 53.5 Å². The zero-order chi connectivity index (χ0) is 20.8. The van der Waals surface area contributed by atoms with Gasteiger partial charge in [0.25, 0.3) is 5.91 Å². The normalized spacial score (nSPS) is 16.5. The number of pyridine rings is 1. The summed E-state index contributed by atoms with van der Waals surface area (Å²) >= 11 is 1.86. The Kier molecular flexibility index (Phi) is 7.64. The second kappa shape index (κ2) is 10.2. The molecule has 156 valence electrons. The number of amides is 1. The molecule has 1 saturated heterocycles. The third-order valence-corrected chi connectivity index (χ3v) is 6.30. The maximum Gasteiger partial charge on any atom is 0.253 e. The van der Waals surface area contributed by atoms with Crippen molar-refractivity contribution in [2.24, 2.45) is 5.92 Å². The van der Waals surface area contributed by atoms with Crippen LogP contribution in [-0.2, 0) is 6.54 Å². The van der Waals surface area contributed by atoms with Crippen LogP contribution in [0.4, 0.5) is 4.39 Å². The van der Waals surface area contributed by atoms with Crippen molar-refractivity contribution in [2.45, 2.75) is 26.4 Å². The summed E-state index contributed by atoms with van der Waals surface area (Å²) in [6.07, 6.45) is 0. The van der Waals surface area contributed by atoms with E-state index < -0.39 is 0 Å². The molecule has 1 aliphatic rings. The average Bonchev–Trinajstić information content (AvgIpc) is 2.77. The topological polar surface area (TPSA) is 65.5 Å². The van der Waals surface area contributed by atoms with E-state index in [4.69, 9.17) is 0 Å². The molecule has 2 aromatic rings. The van der Waals surface area contributed by atoms with Crippen LogP contribution in [0.5, 0.6) is 0 Å². The van der Waals surface area contributed by atoms with Crippen molar-refractivity contribution >= 4 is 17.7 Å². The number of carbonyl (C=O) groups excluding carboxylic acids is 1. The molecule has 5 nitrogen and oxygen atoms in total. The summed E-state index contributed by atoms with van der Waals surface area (Å²) in [7, 11) is 0. The van der Waals surface area contributed by atoms with Crippen LogP contribution >= 0.6 is 11.8 Å². The van der Waals surface area contributed by atoms with Gasteiger partial charge in [-0.05, 0) is 37.1 Å². The van der Waals surface area contributed by atoms with Crippen LogP contribution in [0.25, 0.3) is 11.3 Å². The zero-order valence-corrected chi connectivity index (χ0v) is 17.7. The van der Waals surface area contributed by atoms with Gasteiger partial charge in [0, 0.05) is 54.9 Å². The fourth-order valence-corrected chi connectivity index (χ4v) is 4.05. The number of rotatable bonds is 7. The molecular formula is C22H28FN3O2S. The molecule has 0 bridgehead atoms. The summed E-state index contributed by atoms with van der Waals surface area (Å²) in [4.78, 5) is 19.1. The standard InChI is InChI=1S/C22H28FN3O2S/c1-15(14-27)16(2)24-13-21-19(23)6-7-20(25-21)17-4-3-5-18(12-17)22(28)26-8-10-29-11-9-26/h3-7,12,15-16,24,27H,8-11,13-14H2,1-2H3/t15?,16-/m1/s1. The summed E-state index contributed by atoms with van der Waals surface area (Å²) in [6.45, 7) is 5.76. The lowest BCUT2D eigenvalue weighted by Crippen LogP contribution is -2.37. The Hall–Kier alpha value is -1.96. The van der Waals surface area contributed by atoms with Crippen LogP contribution in [0, 0.1) is 11.7 Å². The second-order valence-corrected chi connectivity index (χ2v) is 8.66. The molecule has 1 aromatic heterocycles. The van der Waals surface area contributed by atoms with Crippen molar-refractivity contribution < 1.29 is 14.3 Å². The van der Waals surface area contributed by atoms with Crippen LogP contribution in [-0.4, -0.2) is 58.1 Å². The van der Waals surface area contributed by atoms with Gasteiger partial charge in [0.2, 0.25) is 0 Å². The smallest absolute Gasteiger partial charge is 0.253 e. The van der Waals surface area contributed by atoms with Gasteiger partial charge < -0.3 is 15.3 Å². The lowest BCUT2D eigenvalue weighted by atomic mass is 10.0. The molecule has 1 unspecified atom stereocenters. The SMILES string of the molecule is CC(CO)[C@@H](C)NCc1nc(-c2cccc(C(=O)N3CCSCC3)c2)ccc1F. The lowest BCUT2D eigenvalue weighted by Gasteiger charge is -2.26. The van der Waals surface area contributed by atoms with Gasteiger partial charge in [0.05, 0.1) is 11.4 Å². The molecule has 2 N–H and O–H groups in total. The lowest BCUT2D eigenvalue weighted by molar-refractivity contribution is 0.0772. The third kappa shape index (κ3) is 5.56. The molecule has 0 aliphatic carbocycles. The molecule has 0 spiro atoms. The molecular weight excluding hydrogens is 389 g/mol. The first-order valence-corrected chi connectivity index (χ1v) is 11.1. The van der Waals surface area contributed by atoms with E-state index in [1.165, 1.54) is 6.07 Å². The second-order valence-electron chi connectivity index (χ2n) is 7.44. The fraction of sp³-hybridized carbons (Fsp3) is 0.455. The highest BCUT2D eigenvalue weighted by Crippen LogP contribution is 2.22. The summed E-state index contributed by atoms with van der Waals surface area (Å²) in [5.74, 6) is 1.66. The highest BCUT2D eigenvalue weighted by atomic mass is 32.2. The number of thioether (sulfide) groups is 1. The minimum Gasteiger partial charge on any atom is -0.396 e. The molecule has 0 radical (unpaired) electrons. The number of nitrogens with zero attached hydrogens (tertiary/aromatic N) is 2. The quantitative estimate of drug-likeness (QED) is 0.724. The highest BCUT2D eigenvalue weighted by Gasteiger charge is 2.19. The summed E-state index contributed by atoms with van der Waals surface area (Å²) in [5, 5.41) is 12.5. The van der Waals surface area contributed by atoms with Gasteiger partial charge in [-0.25, -0.2) is 9.37 Å². The Labute approximate surface area is 175 Å². The Morgan fingerprint density at radius 1 is 1.28 bits per heavy atom. The number of carbonyl (C=O) groups is 1. The van der Waals surface area contributed by atoms with Gasteiger partial charge in [-0.1, -0.05) is 19.1 Å². The molecule has 3 rings (SSSR count). The fourth-order valence-electron chi connectivity index (χ4n) is 3.15. The number of aromatic nitrogens is 1. The van der Waals surface area contributed by atoms with E-state index >= 15 is 0 Å². The minimum absolute atomic E-state index is 0.0305. The van der Waals surface area contributed by atoms with E-state index in [9.17, 15) is 14.3 Å². The number of nitrogens with one attached hydrogen (secondary N) is 1. The predicted molar refractivity (Wildman–Crippen MR) is 115 cm³/mol. The van der Waals surface area contributed by atoms with Gasteiger partial charge in [-0.3, -0.25) is 4.79 Å². The summed E-state index contributed by atoms with van der Waals surface area (Å²) in [5.41, 5.74) is 2.38. The van der Waals surface area contributed by atoms with Crippen LogP contribution < -0.4 is 5.32 Å². The molecule has 0 saturated carbocycles. The Balaban J connectivity index is 1.77. The van der Waals surface area contributed by atoms with Gasteiger partial charge in [-0.2, -0.15) is 11.8 Å². The number of hydrogen-bond donors (Lipinski definition) is 2. The Morgan fingerprint density at radius 3 is 2.76 bits per heavy atom. The van der Waals surface area contributed by atoms with Crippen LogP contribution in [0.15, 0.2) is 36.4 Å². The highest BCUT2D eigenvalue weighted by molar-refractivity contribution is 7.99. The van der Waals surface area contributed by atoms with Crippen LogP contribution in [0.3, 0.4) is 0 Å². The molecule has 2 heterocycles. The maximum atomic E-state index is 14.3. The molecule has 29 heavy (non-hydrogen) atoms. The molecule has 7 heteroatoms. The van der Waals surface area contributed by atoms with Crippen molar-refractivity contribution in [1.82, 2.24) is 15.2 Å². The summed E-state index contributed by atoms with van der Waals surface area (Å²) < 4.78 is 14.3. The molecule has 1 amide bonds. The first-order chi connectivity index (χ1) is 14.0. The van der Waals surface area contributed by atoms with Gasteiger partial charge >= 0.3 is 0 Å². The maximum absolute atomic E-state index is 14.3. The summed E-state index contributed by atoms with van der Waals surface area (Å²) in [6, 6.07) is 10.5. The van der Waals surface area contributed by atoms with E-state index in [0.29, 0.717) is 17.0 Å².